The molecule has 0 saturated carbocycles. The summed E-state index contributed by atoms with van der Waals surface area (Å²) in [7, 11) is -1.96. The van der Waals surface area contributed by atoms with Gasteiger partial charge < -0.3 is 9.84 Å². The fraction of sp³-hybridized carbons (Fsp3) is 0.600. The van der Waals surface area contributed by atoms with Crippen LogP contribution in [-0.2, 0) is 20.4 Å². The molecule has 0 fully saturated rings. The van der Waals surface area contributed by atoms with Crippen LogP contribution >= 0.6 is 11.3 Å². The van der Waals surface area contributed by atoms with Gasteiger partial charge in [0.2, 0.25) is 10.0 Å². The summed E-state index contributed by atoms with van der Waals surface area (Å²) < 4.78 is 30.1. The smallest absolute Gasteiger partial charge is 0.213 e. The second kappa shape index (κ2) is 5.92. The lowest BCUT2D eigenvalue weighted by molar-refractivity contribution is 0.0665. The van der Waals surface area contributed by atoms with Crippen LogP contribution in [0.1, 0.15) is 11.8 Å². The van der Waals surface area contributed by atoms with Crippen molar-refractivity contribution in [2.45, 2.75) is 12.5 Å². The predicted molar refractivity (Wildman–Crippen MR) is 67.6 cm³/mol. The minimum atomic E-state index is -3.40. The van der Waals surface area contributed by atoms with Crippen molar-refractivity contribution in [3.8, 4) is 0 Å². The van der Waals surface area contributed by atoms with E-state index in [0.717, 1.165) is 4.88 Å². The molecule has 0 bridgehead atoms. The van der Waals surface area contributed by atoms with Gasteiger partial charge in [0.25, 0.3) is 0 Å². The fourth-order valence-corrected chi connectivity index (χ4v) is 3.01. The summed E-state index contributed by atoms with van der Waals surface area (Å²) >= 11 is 1.39. The highest BCUT2D eigenvalue weighted by Gasteiger charge is 2.26. The lowest BCUT2D eigenvalue weighted by atomic mass is 10.1. The summed E-state index contributed by atoms with van der Waals surface area (Å²) in [6.45, 7) is 1.67. The van der Waals surface area contributed by atoms with E-state index in [0.29, 0.717) is 0 Å². The zero-order chi connectivity index (χ0) is 12.9. The minimum Gasteiger partial charge on any atom is -0.384 e. The van der Waals surface area contributed by atoms with Crippen LogP contribution in [0.2, 0.25) is 0 Å². The van der Waals surface area contributed by atoms with Crippen LogP contribution in [0.25, 0.3) is 0 Å². The molecule has 1 rings (SSSR count). The topological polar surface area (TPSA) is 75.6 Å². The molecule has 0 spiro atoms. The first-order chi connectivity index (χ1) is 7.87. The molecule has 1 atom stereocenters. The Morgan fingerprint density at radius 3 is 2.82 bits per heavy atom. The van der Waals surface area contributed by atoms with Crippen molar-refractivity contribution < 1.29 is 18.3 Å². The van der Waals surface area contributed by atoms with Crippen molar-refractivity contribution in [2.75, 3.05) is 26.0 Å². The van der Waals surface area contributed by atoms with Crippen molar-refractivity contribution in [1.29, 1.82) is 0 Å². The summed E-state index contributed by atoms with van der Waals surface area (Å²) in [6, 6.07) is 3.59. The minimum absolute atomic E-state index is 0.0421. The number of aliphatic hydroxyl groups is 1. The number of methoxy groups -OCH3 is 1. The highest BCUT2D eigenvalue weighted by atomic mass is 32.2. The maximum Gasteiger partial charge on any atom is 0.213 e. The highest BCUT2D eigenvalue weighted by Crippen LogP contribution is 2.24. The number of sulfonamides is 1. The van der Waals surface area contributed by atoms with E-state index in [1.807, 2.05) is 11.4 Å². The zero-order valence-electron chi connectivity index (χ0n) is 9.84. The van der Waals surface area contributed by atoms with Gasteiger partial charge in [0.05, 0.1) is 12.4 Å². The van der Waals surface area contributed by atoms with Gasteiger partial charge in [-0.25, -0.2) is 13.1 Å². The van der Waals surface area contributed by atoms with Crippen LogP contribution in [-0.4, -0.2) is 39.5 Å². The van der Waals surface area contributed by atoms with Crippen LogP contribution in [0, 0.1) is 0 Å². The number of hydrogen-bond donors (Lipinski definition) is 2. The van der Waals surface area contributed by atoms with Gasteiger partial charge in [-0.05, 0) is 18.4 Å². The second-order valence-corrected chi connectivity index (χ2v) is 6.76. The Bertz CT molecular complexity index is 425. The molecule has 1 heterocycles. The van der Waals surface area contributed by atoms with Gasteiger partial charge in [-0.1, -0.05) is 6.07 Å². The first-order valence-electron chi connectivity index (χ1n) is 5.10. The van der Waals surface area contributed by atoms with Gasteiger partial charge >= 0.3 is 0 Å². The number of rotatable bonds is 7. The summed E-state index contributed by atoms with van der Waals surface area (Å²) in [5, 5.41) is 12.0. The van der Waals surface area contributed by atoms with E-state index in [4.69, 9.17) is 4.74 Å². The van der Waals surface area contributed by atoms with E-state index < -0.39 is 15.6 Å². The van der Waals surface area contributed by atoms with E-state index in [-0.39, 0.29) is 18.9 Å². The van der Waals surface area contributed by atoms with E-state index >= 15 is 0 Å². The van der Waals surface area contributed by atoms with Gasteiger partial charge in [0.1, 0.15) is 5.60 Å². The Morgan fingerprint density at radius 1 is 1.59 bits per heavy atom. The first kappa shape index (κ1) is 14.6. The molecule has 0 radical (unpaired) electrons. The lowest BCUT2D eigenvalue weighted by Gasteiger charge is -2.22. The Morgan fingerprint density at radius 2 is 2.29 bits per heavy atom. The molecule has 1 unspecified atom stereocenters. The van der Waals surface area contributed by atoms with Crippen molar-refractivity contribution in [1.82, 2.24) is 4.72 Å². The van der Waals surface area contributed by atoms with Crippen molar-refractivity contribution in [3.05, 3.63) is 22.4 Å². The number of ether oxygens (including phenoxy) is 1. The quantitative estimate of drug-likeness (QED) is 0.763. The third kappa shape index (κ3) is 4.72. The van der Waals surface area contributed by atoms with Crippen molar-refractivity contribution in [2.24, 2.45) is 0 Å². The summed E-state index contributed by atoms with van der Waals surface area (Å²) in [5.41, 5.74) is -1.19. The largest absolute Gasteiger partial charge is 0.384 e. The molecule has 5 nitrogen and oxygen atoms in total. The summed E-state index contributed by atoms with van der Waals surface area (Å²) in [6.07, 6.45) is 0. The van der Waals surface area contributed by atoms with E-state index in [9.17, 15) is 13.5 Å². The fourth-order valence-electron chi connectivity index (χ4n) is 1.19. The maximum absolute atomic E-state index is 11.5. The standard InChI is InChI=1S/C10H17NO4S2/c1-10(12,9-4-3-6-16-9)8-11-17(13,14)7-5-15-2/h3-4,6,11-12H,5,7-8H2,1-2H3. The van der Waals surface area contributed by atoms with Crippen molar-refractivity contribution in [3.63, 3.8) is 0 Å². The Hall–Kier alpha value is -0.470. The molecule has 98 valence electrons. The van der Waals surface area contributed by atoms with Crippen LogP contribution in [0.5, 0.6) is 0 Å². The average Bonchev–Trinajstić information content (AvgIpc) is 2.78. The third-order valence-electron chi connectivity index (χ3n) is 2.24. The Kier molecular flexibility index (Phi) is 5.08. The van der Waals surface area contributed by atoms with Gasteiger partial charge in [0, 0.05) is 18.5 Å². The van der Waals surface area contributed by atoms with Crippen molar-refractivity contribution >= 4 is 21.4 Å². The van der Waals surface area contributed by atoms with E-state index in [2.05, 4.69) is 4.72 Å². The maximum atomic E-state index is 11.5. The molecule has 0 amide bonds. The zero-order valence-corrected chi connectivity index (χ0v) is 11.5. The molecule has 0 aliphatic rings. The SMILES string of the molecule is COCCS(=O)(=O)NCC(C)(O)c1cccs1. The lowest BCUT2D eigenvalue weighted by Crippen LogP contribution is -2.39. The number of nitrogens with one attached hydrogen (secondary N) is 1. The van der Waals surface area contributed by atoms with Gasteiger partial charge in [-0.3, -0.25) is 0 Å². The molecule has 17 heavy (non-hydrogen) atoms. The van der Waals surface area contributed by atoms with Crippen LogP contribution in [0.3, 0.4) is 0 Å². The predicted octanol–water partition coefficient (Wildman–Crippen LogP) is 0.521. The molecule has 7 heteroatoms. The molecule has 1 aromatic heterocycles. The van der Waals surface area contributed by atoms with Gasteiger partial charge in [-0.2, -0.15) is 0 Å². The third-order valence-corrected chi connectivity index (χ3v) is 4.66. The summed E-state index contributed by atoms with van der Waals surface area (Å²) in [4.78, 5) is 0.729. The van der Waals surface area contributed by atoms with E-state index in [1.54, 1.807) is 13.0 Å². The van der Waals surface area contributed by atoms with Crippen LogP contribution < -0.4 is 4.72 Å². The number of hydrogen-bond acceptors (Lipinski definition) is 5. The molecule has 2 N–H and O–H groups in total. The monoisotopic (exact) mass is 279 g/mol. The normalized spacial score (nSPS) is 15.7. The second-order valence-electron chi connectivity index (χ2n) is 3.88. The Balaban J connectivity index is 2.56. The highest BCUT2D eigenvalue weighted by molar-refractivity contribution is 7.89. The average molecular weight is 279 g/mol. The van der Waals surface area contributed by atoms with E-state index in [1.165, 1.54) is 18.4 Å². The molecule has 0 saturated heterocycles. The molecule has 0 aliphatic carbocycles. The Labute approximate surface area is 105 Å². The van der Waals surface area contributed by atoms with Crippen LogP contribution in [0.15, 0.2) is 17.5 Å². The van der Waals surface area contributed by atoms with Gasteiger partial charge in [-0.15, -0.1) is 11.3 Å². The molecule has 1 aromatic rings. The molecule has 0 aliphatic heterocycles. The van der Waals surface area contributed by atoms with Gasteiger partial charge in [0.15, 0.2) is 0 Å². The molecular weight excluding hydrogens is 262 g/mol. The van der Waals surface area contributed by atoms with Crippen LogP contribution in [0.4, 0.5) is 0 Å². The first-order valence-corrected chi connectivity index (χ1v) is 7.63. The molecule has 0 aromatic carbocycles. The number of thiophene rings is 1. The molecular formula is C10H17NO4S2. The summed E-state index contributed by atoms with van der Waals surface area (Å²) in [5.74, 6) is -0.107.